The fourth-order valence-electron chi connectivity index (χ4n) is 2.92. The number of tetrazole rings is 1. The molecule has 0 saturated carbocycles. The van der Waals surface area contributed by atoms with E-state index in [0.29, 0.717) is 26.1 Å². The third kappa shape index (κ3) is 4.12. The molecule has 130 valence electrons. The Hall–Kier alpha value is -1.94. The molecule has 2 atom stereocenters. The van der Waals surface area contributed by atoms with Gasteiger partial charge < -0.3 is 4.90 Å². The molecule has 0 radical (unpaired) electrons. The number of aromatic nitrogens is 5. The Kier molecular flexibility index (Phi) is 5.14. The Labute approximate surface area is 143 Å². The number of rotatable bonds is 6. The van der Waals surface area contributed by atoms with Gasteiger partial charge in [-0.2, -0.15) is 0 Å². The molecule has 0 N–H and O–H groups in total. The van der Waals surface area contributed by atoms with E-state index in [1.807, 2.05) is 12.3 Å². The summed E-state index contributed by atoms with van der Waals surface area (Å²) in [7, 11) is 1.73. The van der Waals surface area contributed by atoms with Gasteiger partial charge in [0.15, 0.2) is 0 Å². The Balaban J connectivity index is 1.58. The van der Waals surface area contributed by atoms with Crippen molar-refractivity contribution in [3.63, 3.8) is 0 Å². The van der Waals surface area contributed by atoms with Crippen LogP contribution in [0.25, 0.3) is 0 Å². The van der Waals surface area contributed by atoms with Gasteiger partial charge in [-0.3, -0.25) is 9.69 Å². The summed E-state index contributed by atoms with van der Waals surface area (Å²) < 4.78 is 15.3. The van der Waals surface area contributed by atoms with Crippen molar-refractivity contribution in [2.24, 2.45) is 0 Å². The molecule has 1 aliphatic heterocycles. The summed E-state index contributed by atoms with van der Waals surface area (Å²) in [6, 6.07) is -0.00942. The van der Waals surface area contributed by atoms with Crippen molar-refractivity contribution >= 4 is 17.2 Å². The van der Waals surface area contributed by atoms with Gasteiger partial charge in [-0.15, -0.1) is 16.4 Å². The zero-order chi connectivity index (χ0) is 17.1. The summed E-state index contributed by atoms with van der Waals surface area (Å²) in [5, 5.41) is 13.7. The van der Waals surface area contributed by atoms with Crippen LogP contribution in [0.2, 0.25) is 0 Å². The fourth-order valence-corrected chi connectivity index (χ4v) is 3.53. The molecule has 10 heteroatoms. The number of hydrogen-bond acceptors (Lipinski definition) is 7. The molecule has 0 spiro atoms. The minimum absolute atomic E-state index is 0.00942. The van der Waals surface area contributed by atoms with Crippen molar-refractivity contribution in [1.82, 2.24) is 35.0 Å². The molecule has 1 saturated heterocycles. The van der Waals surface area contributed by atoms with Crippen LogP contribution in [-0.2, 0) is 17.9 Å². The Morgan fingerprint density at radius 1 is 1.54 bits per heavy atom. The molecule has 0 aromatic carbocycles. The van der Waals surface area contributed by atoms with Crippen LogP contribution in [-0.4, -0.2) is 73.2 Å². The molecule has 24 heavy (non-hydrogen) atoms. The summed E-state index contributed by atoms with van der Waals surface area (Å²) in [5.74, 6) is -0.103. The van der Waals surface area contributed by atoms with Crippen LogP contribution in [0.4, 0.5) is 4.39 Å². The van der Waals surface area contributed by atoms with E-state index in [-0.39, 0.29) is 18.5 Å². The molecule has 3 heterocycles. The van der Waals surface area contributed by atoms with Gasteiger partial charge in [-0.1, -0.05) is 0 Å². The van der Waals surface area contributed by atoms with Gasteiger partial charge in [0.25, 0.3) is 0 Å². The van der Waals surface area contributed by atoms with E-state index in [9.17, 15) is 9.18 Å². The molecule has 2 aromatic heterocycles. The normalized spacial score (nSPS) is 21.3. The van der Waals surface area contributed by atoms with Gasteiger partial charge >= 0.3 is 0 Å². The Morgan fingerprint density at radius 2 is 2.38 bits per heavy atom. The van der Waals surface area contributed by atoms with E-state index >= 15 is 0 Å². The van der Waals surface area contributed by atoms with Crippen molar-refractivity contribution in [1.29, 1.82) is 0 Å². The highest BCUT2D eigenvalue weighted by Gasteiger charge is 2.33. The number of nitrogens with zero attached hydrogens (tertiary/aromatic N) is 7. The first-order valence-electron chi connectivity index (χ1n) is 7.75. The highest BCUT2D eigenvalue weighted by molar-refractivity contribution is 7.09. The predicted molar refractivity (Wildman–Crippen MR) is 86.0 cm³/mol. The maximum Gasteiger partial charge on any atom is 0.244 e. The molecule has 0 unspecified atom stereocenters. The van der Waals surface area contributed by atoms with Gasteiger partial charge in [0.05, 0.1) is 10.7 Å². The fraction of sp³-hybridized carbons (Fsp3) is 0.643. The molecule has 1 fully saturated rings. The quantitative estimate of drug-likeness (QED) is 0.753. The average Bonchev–Trinajstić information content (AvgIpc) is 3.23. The number of alkyl halides is 1. The molecular formula is C14H20FN7OS. The lowest BCUT2D eigenvalue weighted by atomic mass is 10.2. The number of halogens is 1. The van der Waals surface area contributed by atoms with Crippen LogP contribution < -0.4 is 0 Å². The van der Waals surface area contributed by atoms with Crippen LogP contribution in [0.1, 0.15) is 17.1 Å². The molecule has 0 bridgehead atoms. The highest BCUT2D eigenvalue weighted by Crippen LogP contribution is 2.24. The third-order valence-electron chi connectivity index (χ3n) is 4.11. The molecule has 1 amide bonds. The number of likely N-dealkylation sites (N-methyl/N-ethyl adjacent to an activating group) is 1. The number of likely N-dealkylation sites (tertiary alicyclic amines) is 1. The number of aryl methyl sites for hydroxylation is 1. The second-order valence-corrected chi connectivity index (χ2v) is 7.12. The lowest BCUT2D eigenvalue weighted by Crippen LogP contribution is -2.42. The van der Waals surface area contributed by atoms with E-state index in [0.717, 1.165) is 10.7 Å². The summed E-state index contributed by atoms with van der Waals surface area (Å²) in [6.45, 7) is 3.52. The monoisotopic (exact) mass is 353 g/mol. The van der Waals surface area contributed by atoms with Crippen molar-refractivity contribution in [3.8, 4) is 0 Å². The van der Waals surface area contributed by atoms with Crippen LogP contribution in [0.3, 0.4) is 0 Å². The van der Waals surface area contributed by atoms with Crippen molar-refractivity contribution in [2.75, 3.05) is 20.1 Å². The van der Waals surface area contributed by atoms with Crippen LogP contribution in [0, 0.1) is 6.92 Å². The second-order valence-electron chi connectivity index (χ2n) is 6.06. The van der Waals surface area contributed by atoms with E-state index in [2.05, 4.69) is 25.4 Å². The predicted octanol–water partition coefficient (Wildman–Crippen LogP) is 0.509. The topological polar surface area (TPSA) is 80.0 Å². The lowest BCUT2D eigenvalue weighted by Gasteiger charge is -2.27. The molecular weight excluding hydrogens is 333 g/mol. The summed E-state index contributed by atoms with van der Waals surface area (Å²) >= 11 is 1.59. The van der Waals surface area contributed by atoms with Gasteiger partial charge in [0.1, 0.15) is 19.0 Å². The standard InChI is InChI=1S/C14H20FN7OS/c1-10-17-12(8-24-10)5-21-4-11(15)3-13(21)6-20(2)14(23)7-22-9-16-18-19-22/h8-9,11,13H,3-7H2,1-2H3/t11-,13-/m0/s1. The minimum Gasteiger partial charge on any atom is -0.343 e. The lowest BCUT2D eigenvalue weighted by molar-refractivity contribution is -0.131. The maximum atomic E-state index is 13.9. The molecule has 8 nitrogen and oxygen atoms in total. The van der Waals surface area contributed by atoms with Crippen LogP contribution in [0.5, 0.6) is 0 Å². The zero-order valence-corrected chi connectivity index (χ0v) is 14.5. The zero-order valence-electron chi connectivity index (χ0n) is 13.7. The summed E-state index contributed by atoms with van der Waals surface area (Å²) in [6.07, 6.45) is 0.972. The first-order valence-corrected chi connectivity index (χ1v) is 8.63. The van der Waals surface area contributed by atoms with Crippen molar-refractivity contribution in [3.05, 3.63) is 22.4 Å². The van der Waals surface area contributed by atoms with E-state index in [1.165, 1.54) is 11.0 Å². The molecule has 0 aliphatic carbocycles. The second kappa shape index (κ2) is 7.31. The molecule has 3 rings (SSSR count). The first kappa shape index (κ1) is 16.9. The number of thiazole rings is 1. The number of carbonyl (C=O) groups is 1. The van der Waals surface area contributed by atoms with Crippen LogP contribution in [0.15, 0.2) is 11.7 Å². The maximum absolute atomic E-state index is 13.9. The third-order valence-corrected chi connectivity index (χ3v) is 4.93. The van der Waals surface area contributed by atoms with Crippen molar-refractivity contribution < 1.29 is 9.18 Å². The Bertz CT molecular complexity index is 676. The van der Waals surface area contributed by atoms with Gasteiger partial charge in [0.2, 0.25) is 5.91 Å². The highest BCUT2D eigenvalue weighted by atomic mass is 32.1. The molecule has 2 aromatic rings. The first-order chi connectivity index (χ1) is 11.5. The van der Waals surface area contributed by atoms with E-state index < -0.39 is 6.17 Å². The van der Waals surface area contributed by atoms with E-state index in [4.69, 9.17) is 0 Å². The Morgan fingerprint density at radius 3 is 3.04 bits per heavy atom. The minimum atomic E-state index is -0.863. The number of hydrogen-bond donors (Lipinski definition) is 0. The van der Waals surface area contributed by atoms with Gasteiger partial charge in [0, 0.05) is 38.1 Å². The van der Waals surface area contributed by atoms with Crippen molar-refractivity contribution in [2.45, 2.75) is 38.6 Å². The summed E-state index contributed by atoms with van der Waals surface area (Å²) in [4.78, 5) is 20.4. The van der Waals surface area contributed by atoms with E-state index in [1.54, 1.807) is 23.3 Å². The SMILES string of the molecule is Cc1nc(CN2C[C@@H](F)C[C@H]2CN(C)C(=O)Cn2cnnn2)cs1. The van der Waals surface area contributed by atoms with Gasteiger partial charge in [-0.25, -0.2) is 14.1 Å². The summed E-state index contributed by atoms with van der Waals surface area (Å²) in [5.41, 5.74) is 0.958. The van der Waals surface area contributed by atoms with Crippen LogP contribution >= 0.6 is 11.3 Å². The number of amides is 1. The molecule has 1 aliphatic rings. The largest absolute Gasteiger partial charge is 0.343 e. The number of carbonyl (C=O) groups excluding carboxylic acids is 1. The smallest absolute Gasteiger partial charge is 0.244 e. The van der Waals surface area contributed by atoms with Gasteiger partial charge in [-0.05, 0) is 23.8 Å². The average molecular weight is 353 g/mol.